The summed E-state index contributed by atoms with van der Waals surface area (Å²) in [6.45, 7) is 0. The Labute approximate surface area is 93.9 Å². The third-order valence-corrected chi connectivity index (χ3v) is 2.42. The molecule has 0 saturated heterocycles. The number of rotatable bonds is 0. The maximum atomic E-state index is 12.2. The van der Waals surface area contributed by atoms with Crippen LogP contribution in [0.3, 0.4) is 0 Å². The summed E-state index contributed by atoms with van der Waals surface area (Å²) < 4.78 is 12.2. The summed E-state index contributed by atoms with van der Waals surface area (Å²) in [6.07, 6.45) is 9.92. The van der Waals surface area contributed by atoms with Crippen molar-refractivity contribution in [1.29, 1.82) is 0 Å². The summed E-state index contributed by atoms with van der Waals surface area (Å²) in [5.74, 6) is -0.880. The molecule has 0 atom stereocenters. The van der Waals surface area contributed by atoms with Crippen LogP contribution in [0.15, 0.2) is 6.20 Å². The molecule has 1 aliphatic rings. The summed E-state index contributed by atoms with van der Waals surface area (Å²) in [5.41, 5.74) is 5.01. The molecule has 0 unspecified atom stereocenters. The second-order valence-corrected chi connectivity index (χ2v) is 3.83. The molecule has 0 spiro atoms. The molecule has 1 aromatic rings. The van der Waals surface area contributed by atoms with Gasteiger partial charge in [0.2, 0.25) is 5.28 Å². The van der Waals surface area contributed by atoms with Crippen molar-refractivity contribution in [1.82, 2.24) is 9.97 Å². The molecule has 15 heavy (non-hydrogen) atoms. The molecule has 1 fully saturated rings. The molecule has 1 saturated carbocycles. The number of nitrogen functional groups attached to an aromatic ring is 1. The highest BCUT2D eigenvalue weighted by Crippen LogP contribution is 2.15. The summed E-state index contributed by atoms with van der Waals surface area (Å²) in [5, 5.41) is -0.0473. The van der Waals surface area contributed by atoms with Crippen LogP contribution in [0.4, 0.5) is 10.2 Å². The minimum absolute atomic E-state index is 0.0473. The van der Waals surface area contributed by atoms with E-state index in [1.54, 1.807) is 0 Å². The van der Waals surface area contributed by atoms with E-state index in [2.05, 4.69) is 9.97 Å². The van der Waals surface area contributed by atoms with E-state index in [4.69, 9.17) is 17.3 Å². The van der Waals surface area contributed by atoms with Gasteiger partial charge in [0.05, 0.1) is 6.20 Å². The maximum Gasteiger partial charge on any atom is 0.224 e. The van der Waals surface area contributed by atoms with Crippen LogP contribution in [-0.2, 0) is 0 Å². The van der Waals surface area contributed by atoms with Gasteiger partial charge in [-0.15, -0.1) is 0 Å². The standard InChI is InChI=1S/C6H12.C4H3ClFN3/c1-2-4-6-5-3-1;5-4-8-1-2(6)3(7)9-4/h1-6H2;1H,(H2,7,8,9). The molecular weight excluding hydrogens is 217 g/mol. The molecule has 0 bridgehead atoms. The zero-order valence-corrected chi connectivity index (χ0v) is 9.30. The quantitative estimate of drug-likeness (QED) is 0.698. The number of hydrogen-bond donors (Lipinski definition) is 1. The topological polar surface area (TPSA) is 51.8 Å². The Morgan fingerprint density at radius 3 is 1.93 bits per heavy atom. The van der Waals surface area contributed by atoms with E-state index in [9.17, 15) is 4.39 Å². The maximum absolute atomic E-state index is 12.2. The fourth-order valence-corrected chi connectivity index (χ4v) is 1.56. The predicted octanol–water partition coefficient (Wildman–Crippen LogP) is 3.19. The van der Waals surface area contributed by atoms with E-state index in [0.717, 1.165) is 6.20 Å². The summed E-state index contributed by atoms with van der Waals surface area (Å²) >= 11 is 5.25. The predicted molar refractivity (Wildman–Crippen MR) is 59.1 cm³/mol. The summed E-state index contributed by atoms with van der Waals surface area (Å²) in [7, 11) is 0. The minimum Gasteiger partial charge on any atom is -0.381 e. The third kappa shape index (κ3) is 4.93. The molecule has 1 aliphatic carbocycles. The van der Waals surface area contributed by atoms with E-state index in [-0.39, 0.29) is 11.1 Å². The first-order valence-corrected chi connectivity index (χ1v) is 5.51. The van der Waals surface area contributed by atoms with Crippen LogP contribution in [0.25, 0.3) is 0 Å². The van der Waals surface area contributed by atoms with E-state index < -0.39 is 5.82 Å². The number of aromatic nitrogens is 2. The van der Waals surface area contributed by atoms with Crippen LogP contribution >= 0.6 is 11.6 Å². The molecule has 2 rings (SSSR count). The summed E-state index contributed by atoms with van der Waals surface area (Å²) in [4.78, 5) is 6.67. The molecule has 1 aromatic heterocycles. The third-order valence-electron chi connectivity index (χ3n) is 2.24. The van der Waals surface area contributed by atoms with Gasteiger partial charge in [0.25, 0.3) is 0 Å². The van der Waals surface area contributed by atoms with Gasteiger partial charge in [0.1, 0.15) is 0 Å². The lowest BCUT2D eigenvalue weighted by molar-refractivity contribution is 0.504. The van der Waals surface area contributed by atoms with Crippen LogP contribution in [0.1, 0.15) is 38.5 Å². The molecule has 5 heteroatoms. The number of halogens is 2. The van der Waals surface area contributed by atoms with Gasteiger partial charge in [-0.1, -0.05) is 38.5 Å². The lowest BCUT2D eigenvalue weighted by Crippen LogP contribution is -1.95. The first-order chi connectivity index (χ1) is 7.20. The van der Waals surface area contributed by atoms with E-state index in [1.165, 1.54) is 38.5 Å². The highest BCUT2D eigenvalue weighted by atomic mass is 35.5. The van der Waals surface area contributed by atoms with E-state index in [1.807, 2.05) is 0 Å². The van der Waals surface area contributed by atoms with Crippen molar-refractivity contribution in [2.75, 3.05) is 5.73 Å². The highest BCUT2D eigenvalue weighted by molar-refractivity contribution is 6.28. The normalized spacial score (nSPS) is 15.3. The number of anilines is 1. The van der Waals surface area contributed by atoms with Crippen molar-refractivity contribution in [3.05, 3.63) is 17.3 Å². The van der Waals surface area contributed by atoms with Crippen molar-refractivity contribution in [3.63, 3.8) is 0 Å². The van der Waals surface area contributed by atoms with Crippen molar-refractivity contribution in [3.8, 4) is 0 Å². The van der Waals surface area contributed by atoms with Crippen LogP contribution in [0.2, 0.25) is 5.28 Å². The molecule has 0 aliphatic heterocycles. The second-order valence-electron chi connectivity index (χ2n) is 3.49. The zero-order valence-electron chi connectivity index (χ0n) is 8.55. The molecule has 3 nitrogen and oxygen atoms in total. The number of nitrogens with zero attached hydrogens (tertiary/aromatic N) is 2. The van der Waals surface area contributed by atoms with Crippen LogP contribution in [-0.4, -0.2) is 9.97 Å². The fourth-order valence-electron chi connectivity index (χ4n) is 1.42. The van der Waals surface area contributed by atoms with E-state index >= 15 is 0 Å². The van der Waals surface area contributed by atoms with Crippen molar-refractivity contribution < 1.29 is 4.39 Å². The Kier molecular flexibility index (Phi) is 5.32. The Hall–Kier alpha value is -0.900. The fraction of sp³-hybridized carbons (Fsp3) is 0.600. The van der Waals surface area contributed by atoms with Crippen LogP contribution < -0.4 is 5.73 Å². The van der Waals surface area contributed by atoms with Crippen LogP contribution in [0.5, 0.6) is 0 Å². The molecule has 2 N–H and O–H groups in total. The van der Waals surface area contributed by atoms with Crippen molar-refractivity contribution in [2.45, 2.75) is 38.5 Å². The van der Waals surface area contributed by atoms with Gasteiger partial charge in [-0.25, -0.2) is 9.37 Å². The average molecular weight is 232 g/mol. The second kappa shape index (κ2) is 6.56. The lowest BCUT2D eigenvalue weighted by atomic mass is 10.0. The van der Waals surface area contributed by atoms with Crippen molar-refractivity contribution >= 4 is 17.4 Å². The zero-order chi connectivity index (χ0) is 11.1. The smallest absolute Gasteiger partial charge is 0.224 e. The monoisotopic (exact) mass is 231 g/mol. The Morgan fingerprint density at radius 1 is 1.13 bits per heavy atom. The molecule has 0 radical (unpaired) electrons. The summed E-state index contributed by atoms with van der Waals surface area (Å²) in [6, 6.07) is 0. The molecule has 84 valence electrons. The van der Waals surface area contributed by atoms with Gasteiger partial charge >= 0.3 is 0 Å². The Morgan fingerprint density at radius 2 is 1.60 bits per heavy atom. The van der Waals surface area contributed by atoms with Crippen LogP contribution in [0, 0.1) is 5.82 Å². The largest absolute Gasteiger partial charge is 0.381 e. The number of hydrogen-bond acceptors (Lipinski definition) is 3. The molecule has 0 aromatic carbocycles. The molecular formula is C10H15ClFN3. The van der Waals surface area contributed by atoms with Gasteiger partial charge in [0.15, 0.2) is 11.6 Å². The highest BCUT2D eigenvalue weighted by Gasteiger charge is 1.98. The Bertz CT molecular complexity index is 291. The first kappa shape index (κ1) is 12.2. The van der Waals surface area contributed by atoms with Gasteiger partial charge in [0, 0.05) is 0 Å². The van der Waals surface area contributed by atoms with Gasteiger partial charge < -0.3 is 5.73 Å². The van der Waals surface area contributed by atoms with Gasteiger partial charge in [-0.2, -0.15) is 4.98 Å². The lowest BCUT2D eigenvalue weighted by Gasteiger charge is -2.05. The minimum atomic E-state index is -0.653. The van der Waals surface area contributed by atoms with Gasteiger partial charge in [-0.3, -0.25) is 0 Å². The van der Waals surface area contributed by atoms with Crippen molar-refractivity contribution in [2.24, 2.45) is 0 Å². The number of nitrogens with two attached hydrogens (primary N) is 1. The SMILES string of the molecule is C1CCCCC1.Nc1nc(Cl)ncc1F. The first-order valence-electron chi connectivity index (χ1n) is 5.13. The average Bonchev–Trinajstić information content (AvgIpc) is 2.27. The molecule has 1 heterocycles. The van der Waals surface area contributed by atoms with Gasteiger partial charge in [-0.05, 0) is 11.6 Å². The van der Waals surface area contributed by atoms with E-state index in [0.29, 0.717) is 0 Å². The molecule has 0 amide bonds. The Balaban J connectivity index is 0.000000162.